The van der Waals surface area contributed by atoms with Crippen LogP contribution >= 0.6 is 0 Å². The van der Waals surface area contributed by atoms with Crippen molar-refractivity contribution in [1.82, 2.24) is 0 Å². The fraction of sp³-hybridized carbons (Fsp3) is 1.00. The predicted molar refractivity (Wildman–Crippen MR) is 32.0 cm³/mol. The third kappa shape index (κ3) is 1.64. The first-order chi connectivity index (χ1) is 4.34. The molecule has 0 aliphatic carbocycles. The van der Waals surface area contributed by atoms with E-state index in [2.05, 4.69) is 0 Å². The van der Waals surface area contributed by atoms with Gasteiger partial charge in [-0.1, -0.05) is 0 Å². The number of ether oxygens (including phenoxy) is 2. The number of rotatable bonds is 1. The molecule has 9 heavy (non-hydrogen) atoms. The molecule has 0 bridgehead atoms. The summed E-state index contributed by atoms with van der Waals surface area (Å²) in [4.78, 5) is 0. The lowest BCUT2D eigenvalue weighted by molar-refractivity contribution is -0.193. The van der Waals surface area contributed by atoms with Crippen molar-refractivity contribution in [3.05, 3.63) is 0 Å². The van der Waals surface area contributed by atoms with Gasteiger partial charge in [0.25, 0.3) is 0 Å². The summed E-state index contributed by atoms with van der Waals surface area (Å²) in [6, 6.07) is 0. The lowest BCUT2D eigenvalue weighted by atomic mass is 10.1. The van der Waals surface area contributed by atoms with E-state index in [-0.39, 0.29) is 6.10 Å². The summed E-state index contributed by atoms with van der Waals surface area (Å²) in [6.45, 7) is 0.654. The summed E-state index contributed by atoms with van der Waals surface area (Å²) in [6.07, 6.45) is 1.07. The third-order valence-electron chi connectivity index (χ3n) is 1.54. The third-order valence-corrected chi connectivity index (χ3v) is 1.54. The quantitative estimate of drug-likeness (QED) is 0.551. The Morgan fingerprint density at radius 2 is 2.44 bits per heavy atom. The van der Waals surface area contributed by atoms with Crippen LogP contribution in [-0.2, 0) is 9.47 Å². The van der Waals surface area contributed by atoms with Gasteiger partial charge < -0.3 is 14.6 Å². The van der Waals surface area contributed by atoms with Gasteiger partial charge in [0.1, 0.15) is 6.10 Å². The molecule has 54 valence electrons. The van der Waals surface area contributed by atoms with E-state index in [0.29, 0.717) is 6.61 Å². The summed E-state index contributed by atoms with van der Waals surface area (Å²) >= 11 is 0. The summed E-state index contributed by atoms with van der Waals surface area (Å²) < 4.78 is 9.84. The van der Waals surface area contributed by atoms with Crippen LogP contribution in [-0.4, -0.2) is 31.2 Å². The van der Waals surface area contributed by atoms with Gasteiger partial charge in [0.15, 0.2) is 6.29 Å². The Morgan fingerprint density at radius 1 is 1.67 bits per heavy atom. The second kappa shape index (κ2) is 3.15. The van der Waals surface area contributed by atoms with Gasteiger partial charge in [-0.25, -0.2) is 0 Å². The second-order valence-corrected chi connectivity index (χ2v) is 2.18. The zero-order valence-electron chi connectivity index (χ0n) is 5.54. The van der Waals surface area contributed by atoms with Crippen molar-refractivity contribution in [2.75, 3.05) is 13.7 Å². The Hall–Kier alpha value is -0.120. The van der Waals surface area contributed by atoms with Crippen LogP contribution in [0.1, 0.15) is 12.8 Å². The highest BCUT2D eigenvalue weighted by Gasteiger charge is 2.22. The van der Waals surface area contributed by atoms with Crippen LogP contribution in [0.25, 0.3) is 0 Å². The van der Waals surface area contributed by atoms with Crippen molar-refractivity contribution in [3.8, 4) is 0 Å². The van der Waals surface area contributed by atoms with E-state index >= 15 is 0 Å². The monoisotopic (exact) mass is 132 g/mol. The van der Waals surface area contributed by atoms with Gasteiger partial charge in [-0.15, -0.1) is 0 Å². The number of hydrogen-bond acceptors (Lipinski definition) is 3. The molecule has 3 nitrogen and oxygen atoms in total. The molecule has 0 aromatic carbocycles. The van der Waals surface area contributed by atoms with Crippen LogP contribution in [0.5, 0.6) is 0 Å². The Labute approximate surface area is 54.6 Å². The van der Waals surface area contributed by atoms with Gasteiger partial charge in [-0.3, -0.25) is 0 Å². The smallest absolute Gasteiger partial charge is 0.181 e. The lowest BCUT2D eigenvalue weighted by Gasteiger charge is -2.25. The normalized spacial score (nSPS) is 36.7. The molecular weight excluding hydrogens is 120 g/mol. The highest BCUT2D eigenvalue weighted by Crippen LogP contribution is 2.13. The van der Waals surface area contributed by atoms with Crippen molar-refractivity contribution in [2.45, 2.75) is 25.2 Å². The Balaban J connectivity index is 2.30. The molecule has 0 radical (unpaired) electrons. The molecule has 1 fully saturated rings. The fourth-order valence-electron chi connectivity index (χ4n) is 0.973. The van der Waals surface area contributed by atoms with E-state index in [1.807, 2.05) is 0 Å². The van der Waals surface area contributed by atoms with Gasteiger partial charge in [-0.2, -0.15) is 0 Å². The fourth-order valence-corrected chi connectivity index (χ4v) is 0.973. The van der Waals surface area contributed by atoms with Crippen molar-refractivity contribution >= 4 is 0 Å². The molecule has 0 amide bonds. The summed E-state index contributed by atoms with van der Waals surface area (Å²) in [5.74, 6) is 0. The van der Waals surface area contributed by atoms with Crippen molar-refractivity contribution in [1.29, 1.82) is 0 Å². The van der Waals surface area contributed by atoms with Crippen LogP contribution in [0.3, 0.4) is 0 Å². The predicted octanol–water partition coefficient (Wildman–Crippen LogP) is 0.130. The van der Waals surface area contributed by atoms with E-state index in [0.717, 1.165) is 12.8 Å². The average molecular weight is 132 g/mol. The minimum absolute atomic E-state index is 0.112. The highest BCUT2D eigenvalue weighted by molar-refractivity contribution is 4.64. The van der Waals surface area contributed by atoms with Gasteiger partial charge >= 0.3 is 0 Å². The van der Waals surface area contributed by atoms with Crippen molar-refractivity contribution in [3.63, 3.8) is 0 Å². The molecule has 0 saturated carbocycles. The standard InChI is InChI=1S/C6H12O3/c1-8-5-3-2-4-9-6(5)7/h5-7H,2-4H2,1H3/t5-,6-/m1/s1. The van der Waals surface area contributed by atoms with E-state index in [4.69, 9.17) is 14.6 Å². The molecule has 1 N–H and O–H groups in total. The van der Waals surface area contributed by atoms with Crippen LogP contribution in [0.4, 0.5) is 0 Å². The first-order valence-corrected chi connectivity index (χ1v) is 3.17. The highest BCUT2D eigenvalue weighted by atomic mass is 16.6. The van der Waals surface area contributed by atoms with Crippen LogP contribution in [0, 0.1) is 0 Å². The van der Waals surface area contributed by atoms with Gasteiger partial charge in [0.2, 0.25) is 0 Å². The number of hydrogen-bond donors (Lipinski definition) is 1. The molecule has 0 spiro atoms. The van der Waals surface area contributed by atoms with E-state index in [1.165, 1.54) is 0 Å². The van der Waals surface area contributed by atoms with E-state index in [9.17, 15) is 0 Å². The molecule has 2 atom stereocenters. The van der Waals surface area contributed by atoms with Crippen LogP contribution in [0.15, 0.2) is 0 Å². The first kappa shape index (κ1) is 6.99. The van der Waals surface area contributed by atoms with Crippen LogP contribution < -0.4 is 0 Å². The largest absolute Gasteiger partial charge is 0.376 e. The molecule has 1 saturated heterocycles. The van der Waals surface area contributed by atoms with Crippen molar-refractivity contribution in [2.24, 2.45) is 0 Å². The number of aliphatic hydroxyl groups excluding tert-OH is 1. The minimum atomic E-state index is -0.705. The second-order valence-electron chi connectivity index (χ2n) is 2.18. The van der Waals surface area contributed by atoms with Crippen molar-refractivity contribution < 1.29 is 14.6 Å². The average Bonchev–Trinajstić information content (AvgIpc) is 1.89. The van der Waals surface area contributed by atoms with E-state index in [1.54, 1.807) is 7.11 Å². The number of methoxy groups -OCH3 is 1. The topological polar surface area (TPSA) is 38.7 Å². The molecule has 0 aromatic heterocycles. The Morgan fingerprint density at radius 3 is 2.89 bits per heavy atom. The lowest BCUT2D eigenvalue weighted by Crippen LogP contribution is -2.34. The van der Waals surface area contributed by atoms with Gasteiger partial charge in [-0.05, 0) is 12.8 Å². The zero-order chi connectivity index (χ0) is 6.69. The molecule has 0 aromatic rings. The minimum Gasteiger partial charge on any atom is -0.376 e. The summed E-state index contributed by atoms with van der Waals surface area (Å²) in [5, 5.41) is 9.02. The molecule has 0 unspecified atom stereocenters. The van der Waals surface area contributed by atoms with Gasteiger partial charge in [0.05, 0.1) is 0 Å². The molecular formula is C6H12O3. The summed E-state index contributed by atoms with van der Waals surface area (Å²) in [5.41, 5.74) is 0. The molecule has 1 heterocycles. The maximum absolute atomic E-state index is 9.02. The van der Waals surface area contributed by atoms with E-state index < -0.39 is 6.29 Å². The molecule has 1 aliphatic heterocycles. The first-order valence-electron chi connectivity index (χ1n) is 3.17. The van der Waals surface area contributed by atoms with Crippen LogP contribution in [0.2, 0.25) is 0 Å². The molecule has 1 aliphatic rings. The maximum atomic E-state index is 9.02. The SMILES string of the molecule is CO[C@@H]1CCCO[C@H]1O. The molecule has 3 heteroatoms. The molecule has 1 rings (SSSR count). The maximum Gasteiger partial charge on any atom is 0.181 e. The zero-order valence-corrected chi connectivity index (χ0v) is 5.54. The summed E-state index contributed by atoms with van der Waals surface area (Å²) in [7, 11) is 1.59. The number of aliphatic hydroxyl groups is 1. The van der Waals surface area contributed by atoms with Gasteiger partial charge in [0, 0.05) is 13.7 Å². The Kier molecular flexibility index (Phi) is 2.45. The Bertz CT molecular complexity index is 84.4.